The molecule has 348 valence electrons. The average molecular weight is 849 g/mol. The van der Waals surface area contributed by atoms with Crippen LogP contribution in [0.5, 0.6) is 0 Å². The maximum atomic E-state index is 13.0. The summed E-state index contributed by atoms with van der Waals surface area (Å²) in [5, 5.41) is 14.0. The average Bonchev–Trinajstić information content (AvgIpc) is 3.27. The quantitative estimate of drug-likeness (QED) is 0.0287. The highest BCUT2D eigenvalue weighted by Crippen LogP contribution is 2.29. The Hall–Kier alpha value is -2.28. The molecule has 3 saturated carbocycles. The van der Waals surface area contributed by atoms with Crippen LogP contribution in [0.25, 0.3) is 0 Å². The third-order valence-electron chi connectivity index (χ3n) is 13.5. The number of carbonyl (C=O) groups is 4. The van der Waals surface area contributed by atoms with Crippen molar-refractivity contribution >= 4 is 23.9 Å². The van der Waals surface area contributed by atoms with Gasteiger partial charge in [0.1, 0.15) is 19.8 Å². The number of unbranched alkanes of at least 4 members (excludes halogenated alkanes) is 2. The van der Waals surface area contributed by atoms with E-state index in [1.54, 1.807) is 0 Å². The van der Waals surface area contributed by atoms with Crippen molar-refractivity contribution in [1.82, 2.24) is 21.3 Å². The molecule has 60 heavy (non-hydrogen) atoms. The number of ether oxygens (including phenoxy) is 4. The van der Waals surface area contributed by atoms with Crippen LogP contribution in [0, 0.1) is 17.3 Å². The van der Waals surface area contributed by atoms with Crippen molar-refractivity contribution in [2.45, 2.75) is 206 Å². The van der Waals surface area contributed by atoms with E-state index in [2.05, 4.69) is 35.1 Å². The largest absolute Gasteiger partial charge is 0.465 e. The maximum Gasteiger partial charge on any atom is 0.307 e. The van der Waals surface area contributed by atoms with Gasteiger partial charge in [-0.3, -0.25) is 19.2 Å². The molecular weight excluding hydrogens is 761 g/mol. The van der Waals surface area contributed by atoms with E-state index >= 15 is 0 Å². The molecule has 3 fully saturated rings. The lowest BCUT2D eigenvalue weighted by Gasteiger charge is -2.31. The Morgan fingerprint density at radius 2 is 1.00 bits per heavy atom. The van der Waals surface area contributed by atoms with Gasteiger partial charge in [0.2, 0.25) is 0 Å². The lowest BCUT2D eigenvalue weighted by molar-refractivity contribution is -0.162. The molecule has 0 amide bonds. The number of rotatable bonds is 33. The van der Waals surface area contributed by atoms with E-state index in [4.69, 9.17) is 18.9 Å². The van der Waals surface area contributed by atoms with Crippen LogP contribution in [0.1, 0.15) is 188 Å². The van der Waals surface area contributed by atoms with Crippen LogP contribution in [0.15, 0.2) is 0 Å². The lowest BCUT2D eigenvalue weighted by Crippen LogP contribution is -2.40. The van der Waals surface area contributed by atoms with Crippen molar-refractivity contribution in [3.8, 4) is 0 Å². The minimum absolute atomic E-state index is 0.0231. The summed E-state index contributed by atoms with van der Waals surface area (Å²) in [7, 11) is 0. The van der Waals surface area contributed by atoms with Gasteiger partial charge in [-0.15, -0.1) is 0 Å². The van der Waals surface area contributed by atoms with Crippen LogP contribution in [0.3, 0.4) is 0 Å². The number of carbonyl (C=O) groups excluding carboxylic acids is 4. The van der Waals surface area contributed by atoms with Crippen molar-refractivity contribution in [1.29, 1.82) is 0 Å². The molecule has 3 aliphatic carbocycles. The summed E-state index contributed by atoms with van der Waals surface area (Å²) in [6.07, 6.45) is 26.6. The zero-order valence-electron chi connectivity index (χ0n) is 38.4. The number of hydrogen-bond donors (Lipinski definition) is 4. The fourth-order valence-electron chi connectivity index (χ4n) is 8.93. The van der Waals surface area contributed by atoms with Gasteiger partial charge < -0.3 is 40.2 Å². The van der Waals surface area contributed by atoms with Gasteiger partial charge in [0.05, 0.1) is 37.7 Å². The molecule has 0 aromatic rings. The van der Waals surface area contributed by atoms with Crippen molar-refractivity contribution in [2.24, 2.45) is 17.3 Å². The third kappa shape index (κ3) is 23.8. The Labute approximate surface area is 364 Å². The van der Waals surface area contributed by atoms with E-state index in [1.165, 1.54) is 77.0 Å². The molecule has 12 nitrogen and oxygen atoms in total. The number of esters is 4. The van der Waals surface area contributed by atoms with Crippen LogP contribution < -0.4 is 21.3 Å². The molecule has 0 saturated heterocycles. The first-order valence-electron chi connectivity index (χ1n) is 24.8. The topological polar surface area (TPSA) is 153 Å². The zero-order valence-corrected chi connectivity index (χ0v) is 38.4. The van der Waals surface area contributed by atoms with E-state index in [9.17, 15) is 19.2 Å². The summed E-state index contributed by atoms with van der Waals surface area (Å²) in [5.74, 6) is 0.227. The predicted molar refractivity (Wildman–Crippen MR) is 239 cm³/mol. The number of nitrogens with one attached hydrogen (secondary N) is 4. The van der Waals surface area contributed by atoms with E-state index in [1.807, 2.05) is 6.92 Å². The van der Waals surface area contributed by atoms with Crippen LogP contribution in [-0.2, 0) is 38.1 Å². The Morgan fingerprint density at radius 3 is 1.47 bits per heavy atom. The molecule has 0 aliphatic heterocycles. The molecule has 0 aromatic heterocycles. The number of hydrogen-bond acceptors (Lipinski definition) is 12. The van der Waals surface area contributed by atoms with Gasteiger partial charge >= 0.3 is 23.9 Å². The SMILES string of the molecule is CCCCC(CC)COC(=O)CCNCCCCC1CCC(NCCC(=O)OCC(CC)(COC(=O)CCNC2CCCCC2)COC(=O)CCNC2CCCCC2)CC1. The first-order valence-corrected chi connectivity index (χ1v) is 24.8. The summed E-state index contributed by atoms with van der Waals surface area (Å²) in [6.45, 7) is 10.3. The highest BCUT2D eigenvalue weighted by molar-refractivity contribution is 5.71. The second kappa shape index (κ2) is 32.4. The molecule has 1 unspecified atom stereocenters. The van der Waals surface area contributed by atoms with Gasteiger partial charge in [0.25, 0.3) is 0 Å². The van der Waals surface area contributed by atoms with Gasteiger partial charge in [-0.2, -0.15) is 0 Å². The summed E-state index contributed by atoms with van der Waals surface area (Å²) < 4.78 is 22.8. The van der Waals surface area contributed by atoms with Gasteiger partial charge in [0, 0.05) is 44.3 Å². The highest BCUT2D eigenvalue weighted by Gasteiger charge is 2.34. The summed E-state index contributed by atoms with van der Waals surface area (Å²) in [6, 6.07) is 1.34. The first-order chi connectivity index (χ1) is 29.2. The van der Waals surface area contributed by atoms with Crippen LogP contribution in [0.2, 0.25) is 0 Å². The fourth-order valence-corrected chi connectivity index (χ4v) is 8.93. The molecule has 3 rings (SSSR count). The van der Waals surface area contributed by atoms with Gasteiger partial charge in [-0.05, 0) is 89.0 Å². The van der Waals surface area contributed by atoms with E-state index < -0.39 is 5.41 Å². The van der Waals surface area contributed by atoms with Crippen LogP contribution in [-0.4, -0.2) is 101 Å². The van der Waals surface area contributed by atoms with Gasteiger partial charge in [-0.1, -0.05) is 91.4 Å². The summed E-state index contributed by atoms with van der Waals surface area (Å²) in [4.78, 5) is 50.7. The first kappa shape index (κ1) is 52.1. The smallest absolute Gasteiger partial charge is 0.307 e. The maximum absolute atomic E-state index is 13.0. The lowest BCUT2D eigenvalue weighted by atomic mass is 9.83. The Kier molecular flexibility index (Phi) is 28.1. The van der Waals surface area contributed by atoms with Gasteiger partial charge in [-0.25, -0.2) is 0 Å². The monoisotopic (exact) mass is 849 g/mol. The molecule has 0 aromatic carbocycles. The highest BCUT2D eigenvalue weighted by atomic mass is 16.6. The summed E-state index contributed by atoms with van der Waals surface area (Å²) >= 11 is 0. The molecule has 1 atom stereocenters. The molecule has 0 bridgehead atoms. The molecule has 3 aliphatic rings. The molecule has 0 radical (unpaired) electrons. The Bertz CT molecular complexity index is 1110. The zero-order chi connectivity index (χ0) is 43.1. The van der Waals surface area contributed by atoms with E-state index in [-0.39, 0.29) is 63.0 Å². The van der Waals surface area contributed by atoms with Gasteiger partial charge in [0.15, 0.2) is 0 Å². The predicted octanol–water partition coefficient (Wildman–Crippen LogP) is 8.09. The van der Waals surface area contributed by atoms with Crippen LogP contribution >= 0.6 is 0 Å². The minimum atomic E-state index is -0.809. The van der Waals surface area contributed by atoms with Crippen molar-refractivity contribution < 1.29 is 38.1 Å². The fraction of sp³-hybridized carbons (Fsp3) is 0.917. The molecule has 4 N–H and O–H groups in total. The second-order valence-corrected chi connectivity index (χ2v) is 18.4. The molecular formula is C48H88N4O8. The molecule has 0 heterocycles. The van der Waals surface area contributed by atoms with Crippen LogP contribution in [0.4, 0.5) is 0 Å². The minimum Gasteiger partial charge on any atom is -0.465 e. The normalized spacial score (nSPS) is 19.7. The third-order valence-corrected chi connectivity index (χ3v) is 13.5. The van der Waals surface area contributed by atoms with Crippen molar-refractivity contribution in [3.05, 3.63) is 0 Å². The standard InChI is InChI=1S/C48H88N4O8/c1-4-7-16-39(5-2)35-57-44(53)26-31-49-30-15-14-17-40-22-24-43(25-23-40)52-34-29-47(56)60-38-48(6-3,36-58-45(54)27-32-50-41-18-10-8-11-19-41)37-59-46(55)28-33-51-42-20-12-9-13-21-42/h39-43,49-52H,4-38H2,1-3H3. The van der Waals surface area contributed by atoms with E-state index in [0.29, 0.717) is 69.7 Å². The van der Waals surface area contributed by atoms with E-state index in [0.717, 1.165) is 70.3 Å². The Morgan fingerprint density at radius 1 is 0.533 bits per heavy atom. The molecule has 0 spiro atoms. The van der Waals surface area contributed by atoms with Crippen molar-refractivity contribution in [3.63, 3.8) is 0 Å². The second-order valence-electron chi connectivity index (χ2n) is 18.4. The molecule has 12 heteroatoms. The Balaban J connectivity index is 1.29. The summed E-state index contributed by atoms with van der Waals surface area (Å²) in [5.41, 5.74) is -0.809. The van der Waals surface area contributed by atoms with Crippen molar-refractivity contribution in [2.75, 3.05) is 59.2 Å².